The summed E-state index contributed by atoms with van der Waals surface area (Å²) in [5.41, 5.74) is -0.276. The molecule has 0 rings (SSSR count). The Morgan fingerprint density at radius 1 is 1.62 bits per heavy atom. The number of alkyl halides is 3. The van der Waals surface area contributed by atoms with Gasteiger partial charge in [-0.05, 0) is 6.92 Å². The Hall–Kier alpha value is 0.0400. The Balaban J connectivity index is 4.35. The van der Waals surface area contributed by atoms with Gasteiger partial charge in [0.2, 0.25) is 3.79 Å². The highest BCUT2D eigenvalue weighted by atomic mass is 35.6. The molecular weight excluding hydrogens is 238 g/mol. The van der Waals surface area contributed by atoms with Gasteiger partial charge in [0.15, 0.2) is 0 Å². The van der Waals surface area contributed by atoms with E-state index >= 15 is 0 Å². The Kier molecular flexibility index (Phi) is 5.07. The summed E-state index contributed by atoms with van der Waals surface area (Å²) in [5.74, 6) is -0.777. The van der Waals surface area contributed by atoms with Crippen molar-refractivity contribution in [1.82, 2.24) is 0 Å². The predicted molar refractivity (Wildman–Crippen MR) is 52.1 cm³/mol. The molecule has 0 aliphatic carbocycles. The summed E-state index contributed by atoms with van der Waals surface area (Å²) in [6.07, 6.45) is -1.56. The third-order valence-corrected chi connectivity index (χ3v) is 1.80. The van der Waals surface area contributed by atoms with Crippen LogP contribution in [0.1, 0.15) is 6.92 Å². The number of carbonyl (C=O) groups is 1. The van der Waals surface area contributed by atoms with E-state index < -0.39 is 15.9 Å². The van der Waals surface area contributed by atoms with Crippen LogP contribution in [0.25, 0.3) is 0 Å². The Labute approximate surface area is 91.2 Å². The second-order valence-electron chi connectivity index (χ2n) is 2.19. The van der Waals surface area contributed by atoms with E-state index in [-0.39, 0.29) is 12.2 Å². The molecule has 0 saturated carbocycles. The van der Waals surface area contributed by atoms with Crippen molar-refractivity contribution >= 4 is 40.8 Å². The zero-order valence-electron chi connectivity index (χ0n) is 6.89. The lowest BCUT2D eigenvalue weighted by Gasteiger charge is -2.19. The standard InChI is InChI=1S/C7H9Cl3O3/c1-3-13-6(12)4(2)5(11)7(8,9)10/h5,11H,2-3H2,1H3. The SMILES string of the molecule is C=C(C(=O)OCC)C(O)C(Cl)(Cl)Cl. The van der Waals surface area contributed by atoms with E-state index in [1.54, 1.807) is 6.92 Å². The van der Waals surface area contributed by atoms with Crippen molar-refractivity contribution < 1.29 is 14.6 Å². The minimum absolute atomic E-state index is 0.171. The van der Waals surface area contributed by atoms with Crippen molar-refractivity contribution in [2.45, 2.75) is 16.8 Å². The summed E-state index contributed by atoms with van der Waals surface area (Å²) in [5, 5.41) is 9.26. The average molecular weight is 248 g/mol. The van der Waals surface area contributed by atoms with Gasteiger partial charge in [0.25, 0.3) is 0 Å². The van der Waals surface area contributed by atoms with Crippen molar-refractivity contribution in [2.75, 3.05) is 6.61 Å². The Bertz CT molecular complexity index is 210. The Morgan fingerprint density at radius 2 is 2.08 bits per heavy atom. The molecule has 0 amide bonds. The zero-order chi connectivity index (χ0) is 10.6. The first-order valence-corrected chi connectivity index (χ1v) is 4.54. The molecule has 1 unspecified atom stereocenters. The van der Waals surface area contributed by atoms with Crippen molar-refractivity contribution in [1.29, 1.82) is 0 Å². The van der Waals surface area contributed by atoms with Gasteiger partial charge in [0.05, 0.1) is 12.2 Å². The van der Waals surface area contributed by atoms with Gasteiger partial charge < -0.3 is 9.84 Å². The second-order valence-corrected chi connectivity index (χ2v) is 4.56. The van der Waals surface area contributed by atoms with Gasteiger partial charge in [-0.15, -0.1) is 0 Å². The summed E-state index contributed by atoms with van der Waals surface area (Å²) in [6, 6.07) is 0. The number of carbonyl (C=O) groups excluding carboxylic acids is 1. The maximum absolute atomic E-state index is 11.0. The van der Waals surface area contributed by atoms with Gasteiger partial charge in [0.1, 0.15) is 6.10 Å². The van der Waals surface area contributed by atoms with Crippen molar-refractivity contribution in [3.8, 4) is 0 Å². The minimum atomic E-state index is -1.97. The molecule has 6 heteroatoms. The third kappa shape index (κ3) is 4.18. The molecule has 0 heterocycles. The van der Waals surface area contributed by atoms with Gasteiger partial charge >= 0.3 is 5.97 Å². The van der Waals surface area contributed by atoms with E-state index in [2.05, 4.69) is 11.3 Å². The van der Waals surface area contributed by atoms with Crippen LogP contribution in [0.3, 0.4) is 0 Å². The summed E-state index contributed by atoms with van der Waals surface area (Å²) >= 11 is 16.0. The lowest BCUT2D eigenvalue weighted by Crippen LogP contribution is -2.31. The first-order chi connectivity index (χ1) is 5.80. The normalized spacial score (nSPS) is 13.6. The van der Waals surface area contributed by atoms with Crippen LogP contribution in [-0.2, 0) is 9.53 Å². The van der Waals surface area contributed by atoms with Crippen LogP contribution in [0.15, 0.2) is 12.2 Å². The zero-order valence-corrected chi connectivity index (χ0v) is 9.16. The first-order valence-electron chi connectivity index (χ1n) is 3.41. The molecular formula is C7H9Cl3O3. The molecule has 3 nitrogen and oxygen atoms in total. The predicted octanol–water partition coefficient (Wildman–Crippen LogP) is 1.84. The molecule has 0 spiro atoms. The van der Waals surface area contributed by atoms with Crippen LogP contribution < -0.4 is 0 Å². The number of ether oxygens (including phenoxy) is 1. The minimum Gasteiger partial charge on any atom is -0.463 e. The van der Waals surface area contributed by atoms with E-state index in [0.717, 1.165) is 0 Å². The highest BCUT2D eigenvalue weighted by Crippen LogP contribution is 2.33. The summed E-state index contributed by atoms with van der Waals surface area (Å²) in [6.45, 7) is 5.05. The van der Waals surface area contributed by atoms with Crippen molar-refractivity contribution in [2.24, 2.45) is 0 Å². The molecule has 0 aromatic heterocycles. The van der Waals surface area contributed by atoms with Gasteiger partial charge in [-0.2, -0.15) is 0 Å². The molecule has 0 aromatic rings. The first kappa shape index (κ1) is 13.0. The smallest absolute Gasteiger partial charge is 0.336 e. The molecule has 0 aromatic carbocycles. The molecule has 0 aliphatic rings. The average Bonchev–Trinajstić information content (AvgIpc) is 2.00. The van der Waals surface area contributed by atoms with Crippen LogP contribution in [-0.4, -0.2) is 27.6 Å². The van der Waals surface area contributed by atoms with Crippen LogP contribution in [0.2, 0.25) is 0 Å². The fraction of sp³-hybridized carbons (Fsp3) is 0.571. The molecule has 0 bridgehead atoms. The molecule has 0 radical (unpaired) electrons. The third-order valence-electron chi connectivity index (χ3n) is 1.18. The van der Waals surface area contributed by atoms with E-state index in [1.807, 2.05) is 0 Å². The van der Waals surface area contributed by atoms with E-state index in [0.29, 0.717) is 0 Å². The Morgan fingerprint density at radius 3 is 2.38 bits per heavy atom. The topological polar surface area (TPSA) is 46.5 Å². The van der Waals surface area contributed by atoms with Crippen LogP contribution in [0.5, 0.6) is 0 Å². The van der Waals surface area contributed by atoms with Gasteiger partial charge in [-0.3, -0.25) is 0 Å². The van der Waals surface area contributed by atoms with Gasteiger partial charge in [0, 0.05) is 0 Å². The molecule has 1 N–H and O–H groups in total. The van der Waals surface area contributed by atoms with Crippen LogP contribution >= 0.6 is 34.8 Å². The number of aliphatic hydroxyl groups excluding tert-OH is 1. The van der Waals surface area contributed by atoms with E-state index in [1.165, 1.54) is 0 Å². The summed E-state index contributed by atoms with van der Waals surface area (Å²) in [7, 11) is 0. The van der Waals surface area contributed by atoms with Gasteiger partial charge in [-0.1, -0.05) is 41.4 Å². The lowest BCUT2D eigenvalue weighted by atomic mass is 10.2. The summed E-state index contributed by atoms with van der Waals surface area (Å²) < 4.78 is 2.58. The molecule has 0 saturated heterocycles. The maximum Gasteiger partial charge on any atom is 0.336 e. The maximum atomic E-state index is 11.0. The number of hydrogen-bond acceptors (Lipinski definition) is 3. The van der Waals surface area contributed by atoms with Crippen molar-refractivity contribution in [3.63, 3.8) is 0 Å². The van der Waals surface area contributed by atoms with E-state index in [4.69, 9.17) is 34.8 Å². The second kappa shape index (κ2) is 5.05. The fourth-order valence-corrected chi connectivity index (χ4v) is 0.928. The number of esters is 1. The van der Waals surface area contributed by atoms with Crippen molar-refractivity contribution in [3.05, 3.63) is 12.2 Å². The van der Waals surface area contributed by atoms with Crippen LogP contribution in [0.4, 0.5) is 0 Å². The number of halogens is 3. The molecule has 0 fully saturated rings. The fourth-order valence-electron chi connectivity index (χ4n) is 0.533. The van der Waals surface area contributed by atoms with Gasteiger partial charge in [-0.25, -0.2) is 4.79 Å². The van der Waals surface area contributed by atoms with E-state index in [9.17, 15) is 9.90 Å². The highest BCUT2D eigenvalue weighted by molar-refractivity contribution is 6.68. The summed E-state index contributed by atoms with van der Waals surface area (Å²) in [4.78, 5) is 11.0. The monoisotopic (exact) mass is 246 g/mol. The quantitative estimate of drug-likeness (QED) is 0.470. The molecule has 1 atom stereocenters. The largest absolute Gasteiger partial charge is 0.463 e. The number of rotatable bonds is 3. The molecule has 76 valence electrons. The molecule has 13 heavy (non-hydrogen) atoms. The number of aliphatic hydroxyl groups is 1. The van der Waals surface area contributed by atoms with Crippen LogP contribution in [0, 0.1) is 0 Å². The molecule has 0 aliphatic heterocycles. The lowest BCUT2D eigenvalue weighted by molar-refractivity contribution is -0.139. The highest BCUT2D eigenvalue weighted by Gasteiger charge is 2.36. The number of hydrogen-bond donors (Lipinski definition) is 1.